The van der Waals surface area contributed by atoms with Crippen LogP contribution in [0.4, 0.5) is 4.39 Å². The number of benzene rings is 2. The maximum absolute atomic E-state index is 13.3. The predicted octanol–water partition coefficient (Wildman–Crippen LogP) is 8.67. The van der Waals surface area contributed by atoms with Crippen molar-refractivity contribution in [1.29, 1.82) is 0 Å². The standard InChI is InChI=1S/C37H55FN2O4.ClH/c1-4-5-6-7-8-9-10-11-12-13-23-37(36(39)42,31-17-20-33(43-2)34(28-31)44-3)24-14-25-40-26-21-30(22-27-40)35(41)29-15-18-32(38)19-16-29;/h15-20,28,30H,4-14,21-27H2,1-3H3,(H2,39,42);1H. The van der Waals surface area contributed by atoms with Crippen LogP contribution in [0.2, 0.25) is 0 Å². The Balaban J connectivity index is 0.00000705. The molecule has 1 atom stereocenters. The van der Waals surface area contributed by atoms with Crippen molar-refractivity contribution >= 4 is 24.1 Å². The first-order chi connectivity index (χ1) is 21.3. The van der Waals surface area contributed by atoms with Crippen LogP contribution in [-0.2, 0) is 10.2 Å². The fraction of sp³-hybridized carbons (Fsp3) is 0.622. The summed E-state index contributed by atoms with van der Waals surface area (Å²) in [4.78, 5) is 28.6. The highest BCUT2D eigenvalue weighted by atomic mass is 35.5. The minimum atomic E-state index is -0.781. The van der Waals surface area contributed by atoms with Crippen molar-refractivity contribution in [1.82, 2.24) is 4.90 Å². The Morgan fingerprint density at radius 2 is 1.38 bits per heavy atom. The number of carbonyl (C=O) groups is 2. The number of ether oxygens (including phenoxy) is 2. The molecule has 1 aliphatic heterocycles. The number of hydrogen-bond acceptors (Lipinski definition) is 5. The van der Waals surface area contributed by atoms with Crippen molar-refractivity contribution in [2.45, 2.75) is 109 Å². The second-order valence-electron chi connectivity index (χ2n) is 12.5. The molecule has 2 aromatic rings. The van der Waals surface area contributed by atoms with Gasteiger partial charge in [-0.25, -0.2) is 4.39 Å². The van der Waals surface area contributed by atoms with Crippen LogP contribution in [0.15, 0.2) is 42.5 Å². The number of nitrogens with two attached hydrogens (primary N) is 1. The van der Waals surface area contributed by atoms with Gasteiger partial charge in [-0.1, -0.05) is 77.2 Å². The van der Waals surface area contributed by atoms with Gasteiger partial charge in [0.25, 0.3) is 0 Å². The van der Waals surface area contributed by atoms with Crippen LogP contribution in [-0.4, -0.2) is 50.4 Å². The highest BCUT2D eigenvalue weighted by Crippen LogP contribution is 2.40. The SMILES string of the molecule is CCCCCCCCCCCCC(CCCN1CCC(C(=O)c2ccc(F)cc2)CC1)(C(N)=O)c1ccc(OC)c(OC)c1.Cl. The molecule has 0 aliphatic carbocycles. The maximum Gasteiger partial charge on any atom is 0.228 e. The van der Waals surface area contributed by atoms with Gasteiger partial charge in [0.15, 0.2) is 17.3 Å². The van der Waals surface area contributed by atoms with Crippen LogP contribution in [0, 0.1) is 11.7 Å². The normalized spacial score (nSPS) is 15.2. The molecule has 1 saturated heterocycles. The van der Waals surface area contributed by atoms with Crippen LogP contribution in [0.5, 0.6) is 11.5 Å². The lowest BCUT2D eigenvalue weighted by molar-refractivity contribution is -0.124. The third kappa shape index (κ3) is 11.6. The highest BCUT2D eigenvalue weighted by Gasteiger charge is 2.38. The summed E-state index contributed by atoms with van der Waals surface area (Å²) < 4.78 is 24.3. The van der Waals surface area contributed by atoms with E-state index in [4.69, 9.17) is 15.2 Å². The van der Waals surface area contributed by atoms with Gasteiger partial charge in [0.2, 0.25) is 5.91 Å². The summed E-state index contributed by atoms with van der Waals surface area (Å²) in [6.45, 7) is 4.75. The summed E-state index contributed by atoms with van der Waals surface area (Å²) in [5.74, 6) is 0.680. The minimum absolute atomic E-state index is 0. The predicted molar refractivity (Wildman–Crippen MR) is 183 cm³/mol. The molecule has 2 aromatic carbocycles. The molecule has 1 heterocycles. The summed E-state index contributed by atoms with van der Waals surface area (Å²) in [6, 6.07) is 11.6. The first kappa shape index (κ1) is 38.5. The zero-order chi connectivity index (χ0) is 31.8. The Morgan fingerprint density at radius 3 is 1.93 bits per heavy atom. The molecule has 1 unspecified atom stereocenters. The van der Waals surface area contributed by atoms with E-state index in [0.29, 0.717) is 29.9 Å². The van der Waals surface area contributed by atoms with E-state index in [9.17, 15) is 14.0 Å². The number of unbranched alkanes of at least 4 members (excludes halogenated alkanes) is 9. The number of piperidine rings is 1. The van der Waals surface area contributed by atoms with E-state index in [1.165, 1.54) is 63.5 Å². The van der Waals surface area contributed by atoms with Gasteiger partial charge in [-0.2, -0.15) is 0 Å². The monoisotopic (exact) mass is 646 g/mol. The molecule has 0 aromatic heterocycles. The minimum Gasteiger partial charge on any atom is -0.493 e. The molecule has 1 aliphatic rings. The average molecular weight is 647 g/mol. The average Bonchev–Trinajstić information content (AvgIpc) is 3.04. The number of nitrogens with zero attached hydrogens (tertiary/aromatic N) is 1. The lowest BCUT2D eigenvalue weighted by Gasteiger charge is -2.35. The quantitative estimate of drug-likeness (QED) is 0.108. The van der Waals surface area contributed by atoms with Gasteiger partial charge in [-0.3, -0.25) is 9.59 Å². The topological polar surface area (TPSA) is 81.9 Å². The molecular formula is C37H56ClFN2O4. The van der Waals surface area contributed by atoms with E-state index in [-0.39, 0.29) is 35.8 Å². The van der Waals surface area contributed by atoms with E-state index in [1.807, 2.05) is 18.2 Å². The number of Topliss-reactive ketones (excluding diaryl/α,β-unsaturated/α-hetero) is 1. The van der Waals surface area contributed by atoms with E-state index in [1.54, 1.807) is 26.4 Å². The lowest BCUT2D eigenvalue weighted by atomic mass is 9.72. The van der Waals surface area contributed by atoms with E-state index < -0.39 is 5.41 Å². The second-order valence-corrected chi connectivity index (χ2v) is 12.5. The molecule has 1 fully saturated rings. The lowest BCUT2D eigenvalue weighted by Crippen LogP contribution is -2.43. The number of primary amides is 1. The molecular weight excluding hydrogens is 591 g/mol. The van der Waals surface area contributed by atoms with Crippen molar-refractivity contribution in [3.8, 4) is 11.5 Å². The molecule has 6 nitrogen and oxygen atoms in total. The fourth-order valence-corrected chi connectivity index (χ4v) is 6.72. The molecule has 0 saturated carbocycles. The second kappa shape index (κ2) is 20.5. The molecule has 3 rings (SSSR count). The Kier molecular flexibility index (Phi) is 17.5. The Bertz CT molecular complexity index is 1150. The molecule has 45 heavy (non-hydrogen) atoms. The molecule has 0 radical (unpaired) electrons. The van der Waals surface area contributed by atoms with Gasteiger partial charge in [-0.15, -0.1) is 12.4 Å². The Labute approximate surface area is 277 Å². The van der Waals surface area contributed by atoms with Crippen molar-refractivity contribution in [3.63, 3.8) is 0 Å². The zero-order valence-corrected chi connectivity index (χ0v) is 28.6. The largest absolute Gasteiger partial charge is 0.493 e. The van der Waals surface area contributed by atoms with E-state index in [0.717, 1.165) is 57.3 Å². The number of likely N-dealkylation sites (tertiary alicyclic amines) is 1. The number of hydrogen-bond donors (Lipinski definition) is 1. The summed E-state index contributed by atoms with van der Waals surface area (Å²) in [5.41, 5.74) is 6.93. The van der Waals surface area contributed by atoms with Gasteiger partial charge in [0.05, 0.1) is 19.6 Å². The number of carbonyl (C=O) groups excluding carboxylic acids is 2. The third-order valence-electron chi connectivity index (χ3n) is 9.53. The van der Waals surface area contributed by atoms with E-state index >= 15 is 0 Å². The first-order valence-electron chi connectivity index (χ1n) is 16.9. The molecule has 0 bridgehead atoms. The van der Waals surface area contributed by atoms with Crippen LogP contribution in [0.25, 0.3) is 0 Å². The van der Waals surface area contributed by atoms with Crippen molar-refractivity contribution in [3.05, 3.63) is 59.4 Å². The van der Waals surface area contributed by atoms with Crippen molar-refractivity contribution < 1.29 is 23.5 Å². The maximum atomic E-state index is 13.3. The van der Waals surface area contributed by atoms with E-state index in [2.05, 4.69) is 11.8 Å². The summed E-state index contributed by atoms with van der Waals surface area (Å²) in [7, 11) is 3.22. The van der Waals surface area contributed by atoms with Gasteiger partial charge >= 0.3 is 0 Å². The number of amides is 1. The number of methoxy groups -OCH3 is 2. The summed E-state index contributed by atoms with van der Waals surface area (Å²) in [5, 5.41) is 0. The molecule has 0 spiro atoms. The summed E-state index contributed by atoms with van der Waals surface area (Å²) >= 11 is 0. The van der Waals surface area contributed by atoms with Crippen LogP contribution in [0.1, 0.15) is 119 Å². The summed E-state index contributed by atoms with van der Waals surface area (Å²) in [6.07, 6.45) is 16.1. The zero-order valence-electron chi connectivity index (χ0n) is 27.8. The molecule has 2 N–H and O–H groups in total. The molecule has 252 valence electrons. The third-order valence-corrected chi connectivity index (χ3v) is 9.53. The Morgan fingerprint density at radius 1 is 0.822 bits per heavy atom. The van der Waals surface area contributed by atoms with Crippen LogP contribution >= 0.6 is 12.4 Å². The van der Waals surface area contributed by atoms with Gasteiger partial charge in [0, 0.05) is 11.5 Å². The van der Waals surface area contributed by atoms with Gasteiger partial charge in [0.1, 0.15) is 5.82 Å². The van der Waals surface area contributed by atoms with Crippen molar-refractivity contribution in [2.75, 3.05) is 33.9 Å². The van der Waals surface area contributed by atoms with Crippen LogP contribution in [0.3, 0.4) is 0 Å². The number of halogens is 2. The number of ketones is 1. The number of rotatable bonds is 21. The highest BCUT2D eigenvalue weighted by molar-refractivity contribution is 5.97. The molecule has 1 amide bonds. The van der Waals surface area contributed by atoms with Crippen LogP contribution < -0.4 is 15.2 Å². The first-order valence-corrected chi connectivity index (χ1v) is 16.9. The molecule has 8 heteroatoms. The smallest absolute Gasteiger partial charge is 0.228 e. The van der Waals surface area contributed by atoms with Gasteiger partial charge in [-0.05, 0) is 93.7 Å². The van der Waals surface area contributed by atoms with Gasteiger partial charge < -0.3 is 20.1 Å². The Hall–Kier alpha value is -2.64. The fourth-order valence-electron chi connectivity index (χ4n) is 6.72. The van der Waals surface area contributed by atoms with Crippen molar-refractivity contribution in [2.24, 2.45) is 11.7 Å².